The lowest BCUT2D eigenvalue weighted by Crippen LogP contribution is -2.27. The zero-order chi connectivity index (χ0) is 19.8. The van der Waals surface area contributed by atoms with Crippen molar-refractivity contribution in [1.82, 2.24) is 14.9 Å². The fraction of sp³-hybridized carbons (Fsp3) is 0.190. The van der Waals surface area contributed by atoms with Crippen LogP contribution in [0.5, 0.6) is 0 Å². The molecule has 1 heterocycles. The smallest absolute Gasteiger partial charge is 0.253 e. The number of aromatic nitrogens is 2. The molecule has 0 saturated carbocycles. The number of benzene rings is 2. The first-order valence-electron chi connectivity index (χ1n) is 8.94. The summed E-state index contributed by atoms with van der Waals surface area (Å²) in [6.07, 6.45) is 4.27. The SMILES string of the molecule is Cn1ccnc1SCC(=O)Nc1ccccc1C(=O)NCCc1ccccc1. The number of nitrogens with one attached hydrogen (secondary N) is 2. The Morgan fingerprint density at radius 2 is 1.82 bits per heavy atom. The molecule has 0 bridgehead atoms. The first-order chi connectivity index (χ1) is 13.6. The maximum atomic E-state index is 12.5. The molecule has 3 aromatic rings. The van der Waals surface area contributed by atoms with Gasteiger partial charge >= 0.3 is 0 Å². The molecule has 2 aromatic carbocycles. The molecule has 6 nitrogen and oxygen atoms in total. The molecule has 3 rings (SSSR count). The van der Waals surface area contributed by atoms with Gasteiger partial charge in [-0.1, -0.05) is 54.2 Å². The molecule has 2 amide bonds. The number of aryl methyl sites for hydroxylation is 1. The number of imidazole rings is 1. The average Bonchev–Trinajstić information content (AvgIpc) is 3.12. The zero-order valence-electron chi connectivity index (χ0n) is 15.6. The number of anilines is 1. The van der Waals surface area contributed by atoms with Crippen LogP contribution in [0, 0.1) is 0 Å². The Kier molecular flexibility index (Phi) is 6.86. The molecule has 0 aliphatic rings. The predicted octanol–water partition coefficient (Wildman–Crippen LogP) is 3.12. The summed E-state index contributed by atoms with van der Waals surface area (Å²) in [5.74, 6) is -0.171. The van der Waals surface area contributed by atoms with Gasteiger partial charge in [-0.15, -0.1) is 0 Å². The van der Waals surface area contributed by atoms with Crippen LogP contribution in [0.15, 0.2) is 72.1 Å². The number of carbonyl (C=O) groups excluding carboxylic acids is 2. The van der Waals surface area contributed by atoms with E-state index in [0.717, 1.165) is 17.1 Å². The first-order valence-corrected chi connectivity index (χ1v) is 9.93. The molecule has 0 atom stereocenters. The normalized spacial score (nSPS) is 10.5. The van der Waals surface area contributed by atoms with Gasteiger partial charge in [0.1, 0.15) is 0 Å². The lowest BCUT2D eigenvalue weighted by atomic mass is 10.1. The van der Waals surface area contributed by atoms with Crippen LogP contribution < -0.4 is 10.6 Å². The van der Waals surface area contributed by atoms with Gasteiger partial charge in [-0.2, -0.15) is 0 Å². The highest BCUT2D eigenvalue weighted by molar-refractivity contribution is 7.99. The number of hydrogen-bond acceptors (Lipinski definition) is 4. The quantitative estimate of drug-likeness (QED) is 0.576. The Hall–Kier alpha value is -3.06. The predicted molar refractivity (Wildman–Crippen MR) is 111 cm³/mol. The molecule has 0 fully saturated rings. The molecular weight excluding hydrogens is 372 g/mol. The summed E-state index contributed by atoms with van der Waals surface area (Å²) in [6.45, 7) is 0.528. The van der Waals surface area contributed by atoms with Crippen molar-refractivity contribution in [3.63, 3.8) is 0 Å². The summed E-state index contributed by atoms with van der Waals surface area (Å²) in [4.78, 5) is 29.0. The second kappa shape index (κ2) is 9.75. The number of para-hydroxylation sites is 1. The monoisotopic (exact) mass is 394 g/mol. The number of carbonyl (C=O) groups is 2. The van der Waals surface area contributed by atoms with E-state index in [9.17, 15) is 9.59 Å². The minimum absolute atomic E-state index is 0.183. The van der Waals surface area contributed by atoms with E-state index in [0.29, 0.717) is 17.8 Å². The van der Waals surface area contributed by atoms with Crippen molar-refractivity contribution in [3.05, 3.63) is 78.1 Å². The number of rotatable bonds is 8. The third-order valence-electron chi connectivity index (χ3n) is 4.10. The molecule has 7 heteroatoms. The molecule has 1 aromatic heterocycles. The zero-order valence-corrected chi connectivity index (χ0v) is 16.4. The minimum Gasteiger partial charge on any atom is -0.352 e. The van der Waals surface area contributed by atoms with Gasteiger partial charge in [-0.25, -0.2) is 4.98 Å². The van der Waals surface area contributed by atoms with Crippen molar-refractivity contribution >= 4 is 29.3 Å². The lowest BCUT2D eigenvalue weighted by Gasteiger charge is -2.11. The van der Waals surface area contributed by atoms with Gasteiger partial charge < -0.3 is 15.2 Å². The van der Waals surface area contributed by atoms with E-state index in [1.165, 1.54) is 11.8 Å². The van der Waals surface area contributed by atoms with Crippen LogP contribution in [0.2, 0.25) is 0 Å². The average molecular weight is 395 g/mol. The molecular formula is C21H22N4O2S. The third-order valence-corrected chi connectivity index (χ3v) is 5.16. The van der Waals surface area contributed by atoms with Crippen molar-refractivity contribution in [2.24, 2.45) is 7.05 Å². The Labute approximate surface area is 168 Å². The van der Waals surface area contributed by atoms with E-state index < -0.39 is 0 Å². The molecule has 28 heavy (non-hydrogen) atoms. The van der Waals surface area contributed by atoms with Crippen LogP contribution in [0.4, 0.5) is 5.69 Å². The van der Waals surface area contributed by atoms with E-state index in [2.05, 4.69) is 15.6 Å². The number of amides is 2. The molecule has 0 unspecified atom stereocenters. The van der Waals surface area contributed by atoms with Crippen LogP contribution in [0.25, 0.3) is 0 Å². The second-order valence-electron chi connectivity index (χ2n) is 6.19. The van der Waals surface area contributed by atoms with Crippen LogP contribution in [0.1, 0.15) is 15.9 Å². The van der Waals surface area contributed by atoms with Crippen molar-refractivity contribution in [1.29, 1.82) is 0 Å². The molecule has 0 spiro atoms. The van der Waals surface area contributed by atoms with Crippen molar-refractivity contribution in [2.45, 2.75) is 11.6 Å². The molecule has 144 valence electrons. The standard InChI is InChI=1S/C21H22N4O2S/c1-25-14-13-23-21(25)28-15-19(26)24-18-10-6-5-9-17(18)20(27)22-12-11-16-7-3-2-4-8-16/h2-10,13-14H,11-12,15H2,1H3,(H,22,27)(H,24,26). The van der Waals surface area contributed by atoms with E-state index >= 15 is 0 Å². The fourth-order valence-corrected chi connectivity index (χ4v) is 3.39. The highest BCUT2D eigenvalue weighted by Gasteiger charge is 2.13. The summed E-state index contributed by atoms with van der Waals surface area (Å²) in [6, 6.07) is 17.0. The Balaban J connectivity index is 1.55. The van der Waals surface area contributed by atoms with Gasteiger partial charge in [-0.3, -0.25) is 9.59 Å². The van der Waals surface area contributed by atoms with E-state index in [1.54, 1.807) is 30.5 Å². The van der Waals surface area contributed by atoms with Gasteiger partial charge in [0.25, 0.3) is 5.91 Å². The van der Waals surface area contributed by atoms with E-state index in [4.69, 9.17) is 0 Å². The van der Waals surface area contributed by atoms with Gasteiger partial charge in [0.05, 0.1) is 17.0 Å². The first kappa shape index (κ1) is 19.7. The number of hydrogen-bond donors (Lipinski definition) is 2. The highest BCUT2D eigenvalue weighted by atomic mass is 32.2. The third kappa shape index (κ3) is 5.47. The van der Waals surface area contributed by atoms with Gasteiger partial charge in [-0.05, 0) is 24.1 Å². The maximum Gasteiger partial charge on any atom is 0.253 e. The van der Waals surface area contributed by atoms with Gasteiger partial charge in [0, 0.05) is 26.0 Å². The summed E-state index contributed by atoms with van der Waals surface area (Å²) >= 11 is 1.35. The fourth-order valence-electron chi connectivity index (χ4n) is 2.66. The van der Waals surface area contributed by atoms with Crippen LogP contribution in [-0.2, 0) is 18.3 Å². The molecule has 0 aliphatic heterocycles. The van der Waals surface area contributed by atoms with E-state index in [-0.39, 0.29) is 17.6 Å². The Morgan fingerprint density at radius 3 is 2.57 bits per heavy atom. The summed E-state index contributed by atoms with van der Waals surface area (Å²) in [7, 11) is 1.88. The Morgan fingerprint density at radius 1 is 1.07 bits per heavy atom. The van der Waals surface area contributed by atoms with Gasteiger partial charge in [0.2, 0.25) is 5.91 Å². The second-order valence-corrected chi connectivity index (χ2v) is 7.14. The lowest BCUT2D eigenvalue weighted by molar-refractivity contribution is -0.113. The molecule has 0 radical (unpaired) electrons. The molecule has 0 aliphatic carbocycles. The number of nitrogens with zero attached hydrogens (tertiary/aromatic N) is 2. The topological polar surface area (TPSA) is 76.0 Å². The highest BCUT2D eigenvalue weighted by Crippen LogP contribution is 2.18. The van der Waals surface area contributed by atoms with Crippen LogP contribution in [0.3, 0.4) is 0 Å². The van der Waals surface area contributed by atoms with Gasteiger partial charge in [0.15, 0.2) is 5.16 Å². The van der Waals surface area contributed by atoms with Crippen LogP contribution in [-0.4, -0.2) is 33.7 Å². The Bertz CT molecular complexity index is 940. The summed E-state index contributed by atoms with van der Waals surface area (Å²) < 4.78 is 1.85. The summed E-state index contributed by atoms with van der Waals surface area (Å²) in [5.41, 5.74) is 2.12. The van der Waals surface area contributed by atoms with Crippen molar-refractivity contribution < 1.29 is 9.59 Å². The maximum absolute atomic E-state index is 12.5. The van der Waals surface area contributed by atoms with Crippen LogP contribution >= 0.6 is 11.8 Å². The minimum atomic E-state index is -0.205. The molecule has 0 saturated heterocycles. The van der Waals surface area contributed by atoms with Crippen molar-refractivity contribution in [3.8, 4) is 0 Å². The molecule has 2 N–H and O–H groups in total. The van der Waals surface area contributed by atoms with E-state index in [1.807, 2.05) is 48.1 Å². The number of thioether (sulfide) groups is 1. The van der Waals surface area contributed by atoms with Crippen molar-refractivity contribution in [2.75, 3.05) is 17.6 Å². The largest absolute Gasteiger partial charge is 0.352 e. The summed E-state index contributed by atoms with van der Waals surface area (Å²) in [5, 5.41) is 6.50.